The van der Waals surface area contributed by atoms with Crippen molar-refractivity contribution < 1.29 is 23.8 Å². The summed E-state index contributed by atoms with van der Waals surface area (Å²) in [6, 6.07) is 16.7. The average molecular weight is 477 g/mol. The molecule has 3 aromatic rings. The number of likely N-dealkylation sites (tertiary alicyclic amines) is 1. The molecule has 4 rings (SSSR count). The van der Waals surface area contributed by atoms with Crippen molar-refractivity contribution in [3.63, 3.8) is 0 Å². The Morgan fingerprint density at radius 3 is 2.20 bits per heavy atom. The predicted molar refractivity (Wildman–Crippen MR) is 135 cm³/mol. The molecule has 0 aromatic heterocycles. The Morgan fingerprint density at radius 2 is 1.54 bits per heavy atom. The van der Waals surface area contributed by atoms with E-state index >= 15 is 0 Å². The van der Waals surface area contributed by atoms with Crippen LogP contribution in [0, 0.1) is 5.92 Å². The van der Waals surface area contributed by atoms with Gasteiger partial charge < -0.3 is 24.4 Å². The van der Waals surface area contributed by atoms with Crippen LogP contribution in [0.3, 0.4) is 0 Å². The third kappa shape index (κ3) is 5.04. The molecule has 7 heteroatoms. The summed E-state index contributed by atoms with van der Waals surface area (Å²) in [6.45, 7) is 3.00. The SMILES string of the molecule is COc1ccc(OC)c([C@@H](C)NC(=O)C2CCN(C(=O)c3ccc(OC)c4ccccc34)CC2)c1. The van der Waals surface area contributed by atoms with Crippen molar-refractivity contribution in [3.05, 3.63) is 65.7 Å². The van der Waals surface area contributed by atoms with Crippen LogP contribution in [0.5, 0.6) is 17.2 Å². The van der Waals surface area contributed by atoms with Gasteiger partial charge in [0.1, 0.15) is 17.2 Å². The van der Waals surface area contributed by atoms with Crippen LogP contribution in [0.15, 0.2) is 54.6 Å². The van der Waals surface area contributed by atoms with Gasteiger partial charge in [-0.25, -0.2) is 0 Å². The van der Waals surface area contributed by atoms with Gasteiger partial charge in [-0.15, -0.1) is 0 Å². The van der Waals surface area contributed by atoms with E-state index in [1.165, 1.54) is 0 Å². The van der Waals surface area contributed by atoms with Crippen molar-refractivity contribution >= 4 is 22.6 Å². The van der Waals surface area contributed by atoms with Crippen LogP contribution in [0.4, 0.5) is 0 Å². The molecule has 1 N–H and O–H groups in total. The first-order chi connectivity index (χ1) is 17.0. The Bertz CT molecular complexity index is 1220. The van der Waals surface area contributed by atoms with Crippen molar-refractivity contribution in [1.82, 2.24) is 10.2 Å². The highest BCUT2D eigenvalue weighted by molar-refractivity contribution is 6.08. The zero-order chi connectivity index (χ0) is 24.9. The lowest BCUT2D eigenvalue weighted by molar-refractivity contribution is -0.127. The van der Waals surface area contributed by atoms with Gasteiger partial charge in [0.25, 0.3) is 5.91 Å². The first-order valence-electron chi connectivity index (χ1n) is 11.8. The van der Waals surface area contributed by atoms with Gasteiger partial charge in [-0.1, -0.05) is 24.3 Å². The molecule has 0 bridgehead atoms. The summed E-state index contributed by atoms with van der Waals surface area (Å²) >= 11 is 0. The summed E-state index contributed by atoms with van der Waals surface area (Å²) in [7, 11) is 4.85. The van der Waals surface area contributed by atoms with Crippen LogP contribution in [0.25, 0.3) is 10.8 Å². The molecule has 1 aliphatic rings. The van der Waals surface area contributed by atoms with E-state index in [4.69, 9.17) is 14.2 Å². The maximum atomic E-state index is 13.3. The number of nitrogens with one attached hydrogen (secondary N) is 1. The number of amides is 2. The van der Waals surface area contributed by atoms with Crippen molar-refractivity contribution in [1.29, 1.82) is 0 Å². The third-order valence-electron chi connectivity index (χ3n) is 6.75. The maximum absolute atomic E-state index is 13.3. The maximum Gasteiger partial charge on any atom is 0.254 e. The Balaban J connectivity index is 1.41. The second-order valence-electron chi connectivity index (χ2n) is 8.77. The first-order valence-corrected chi connectivity index (χ1v) is 11.8. The lowest BCUT2D eigenvalue weighted by atomic mass is 9.94. The smallest absolute Gasteiger partial charge is 0.254 e. The summed E-state index contributed by atoms with van der Waals surface area (Å²) in [5, 5.41) is 4.90. The van der Waals surface area contributed by atoms with Crippen LogP contribution < -0.4 is 19.5 Å². The van der Waals surface area contributed by atoms with E-state index in [2.05, 4.69) is 5.32 Å². The fourth-order valence-corrected chi connectivity index (χ4v) is 4.74. The highest BCUT2D eigenvalue weighted by atomic mass is 16.5. The van der Waals surface area contributed by atoms with E-state index in [9.17, 15) is 9.59 Å². The predicted octanol–water partition coefficient (Wildman–Crippen LogP) is 4.60. The van der Waals surface area contributed by atoms with Gasteiger partial charge in [0.05, 0.1) is 27.4 Å². The minimum atomic E-state index is -0.238. The number of carbonyl (C=O) groups excluding carboxylic acids is 2. The molecule has 0 unspecified atom stereocenters. The standard InChI is InChI=1S/C28H32N2O5/c1-18(24-17-20(33-2)9-11-26(24)35-4)29-27(31)19-13-15-30(16-14-19)28(32)23-10-12-25(34-3)22-8-6-5-7-21(22)23/h5-12,17-19H,13-16H2,1-4H3,(H,29,31)/t18-/m1/s1. The largest absolute Gasteiger partial charge is 0.497 e. The quantitative estimate of drug-likeness (QED) is 0.540. The molecule has 35 heavy (non-hydrogen) atoms. The molecule has 1 fully saturated rings. The Labute approximate surface area is 206 Å². The number of rotatable bonds is 7. The normalized spacial score (nSPS) is 14.9. The molecule has 1 atom stereocenters. The van der Waals surface area contributed by atoms with Crippen LogP contribution in [-0.4, -0.2) is 51.1 Å². The molecule has 0 radical (unpaired) electrons. The summed E-state index contributed by atoms with van der Waals surface area (Å²) in [5.41, 5.74) is 1.52. The van der Waals surface area contributed by atoms with E-state index in [0.29, 0.717) is 43.0 Å². The molecule has 0 saturated carbocycles. The minimum absolute atomic E-state index is 0.00984. The molecule has 0 spiro atoms. The summed E-state index contributed by atoms with van der Waals surface area (Å²) in [4.78, 5) is 28.2. The number of ether oxygens (including phenoxy) is 3. The number of methoxy groups -OCH3 is 3. The number of hydrogen-bond donors (Lipinski definition) is 1. The number of carbonyl (C=O) groups is 2. The van der Waals surface area contributed by atoms with E-state index in [1.54, 1.807) is 21.3 Å². The number of hydrogen-bond acceptors (Lipinski definition) is 5. The van der Waals surface area contributed by atoms with Crippen LogP contribution in [0.2, 0.25) is 0 Å². The molecule has 1 saturated heterocycles. The van der Waals surface area contributed by atoms with E-state index in [0.717, 1.165) is 22.1 Å². The monoisotopic (exact) mass is 476 g/mol. The van der Waals surface area contributed by atoms with Crippen molar-refractivity contribution in [2.24, 2.45) is 5.92 Å². The van der Waals surface area contributed by atoms with Gasteiger partial charge in [0, 0.05) is 35.5 Å². The summed E-state index contributed by atoms with van der Waals surface area (Å²) in [5.74, 6) is 1.98. The number of fused-ring (bicyclic) bond motifs is 1. The summed E-state index contributed by atoms with van der Waals surface area (Å²) in [6.07, 6.45) is 1.24. The van der Waals surface area contributed by atoms with Gasteiger partial charge in [0.2, 0.25) is 5.91 Å². The number of benzene rings is 3. The fraction of sp³-hybridized carbons (Fsp3) is 0.357. The fourth-order valence-electron chi connectivity index (χ4n) is 4.74. The molecule has 1 heterocycles. The molecular formula is C28H32N2O5. The van der Waals surface area contributed by atoms with Crippen LogP contribution in [0.1, 0.15) is 41.7 Å². The molecular weight excluding hydrogens is 444 g/mol. The van der Waals surface area contributed by atoms with Crippen molar-refractivity contribution in [3.8, 4) is 17.2 Å². The van der Waals surface area contributed by atoms with Gasteiger partial charge in [-0.3, -0.25) is 9.59 Å². The second-order valence-corrected chi connectivity index (χ2v) is 8.77. The molecule has 3 aromatic carbocycles. The summed E-state index contributed by atoms with van der Waals surface area (Å²) < 4.78 is 16.2. The molecule has 2 amide bonds. The van der Waals surface area contributed by atoms with E-state index < -0.39 is 0 Å². The van der Waals surface area contributed by atoms with Crippen LogP contribution in [-0.2, 0) is 4.79 Å². The van der Waals surface area contributed by atoms with Gasteiger partial charge in [-0.05, 0) is 55.5 Å². The van der Waals surface area contributed by atoms with Gasteiger partial charge in [0.15, 0.2) is 0 Å². The average Bonchev–Trinajstić information content (AvgIpc) is 2.91. The van der Waals surface area contributed by atoms with Gasteiger partial charge >= 0.3 is 0 Å². The second kappa shape index (κ2) is 10.7. The topological polar surface area (TPSA) is 77.1 Å². The highest BCUT2D eigenvalue weighted by Gasteiger charge is 2.29. The number of piperidine rings is 1. The van der Waals surface area contributed by atoms with Gasteiger partial charge in [-0.2, -0.15) is 0 Å². The minimum Gasteiger partial charge on any atom is -0.497 e. The Hall–Kier alpha value is -3.74. The lowest BCUT2D eigenvalue weighted by Crippen LogP contribution is -2.43. The Kier molecular flexibility index (Phi) is 7.44. The zero-order valence-corrected chi connectivity index (χ0v) is 20.7. The van der Waals surface area contributed by atoms with E-state index in [1.807, 2.05) is 66.4 Å². The van der Waals surface area contributed by atoms with Crippen molar-refractivity contribution in [2.45, 2.75) is 25.8 Å². The Morgan fingerprint density at radius 1 is 0.886 bits per heavy atom. The highest BCUT2D eigenvalue weighted by Crippen LogP contribution is 2.31. The molecule has 7 nitrogen and oxygen atoms in total. The van der Waals surface area contributed by atoms with Crippen molar-refractivity contribution in [2.75, 3.05) is 34.4 Å². The zero-order valence-electron chi connectivity index (χ0n) is 20.7. The van der Waals surface area contributed by atoms with Crippen LogP contribution >= 0.6 is 0 Å². The number of nitrogens with zero attached hydrogens (tertiary/aromatic N) is 1. The lowest BCUT2D eigenvalue weighted by Gasteiger charge is -2.32. The van der Waals surface area contributed by atoms with E-state index in [-0.39, 0.29) is 23.8 Å². The first kappa shape index (κ1) is 24.4. The molecule has 1 aliphatic heterocycles. The molecule has 0 aliphatic carbocycles. The third-order valence-corrected chi connectivity index (χ3v) is 6.75. The molecule has 184 valence electrons.